The number of esters is 1. The molecule has 1 atom stereocenters. The molecule has 1 fully saturated rings. The van der Waals surface area contributed by atoms with E-state index in [-0.39, 0.29) is 41.5 Å². The van der Waals surface area contributed by atoms with Crippen LogP contribution < -0.4 is 5.32 Å². The summed E-state index contributed by atoms with van der Waals surface area (Å²) in [6, 6.07) is -0.873. The van der Waals surface area contributed by atoms with Crippen LogP contribution >= 0.6 is 0 Å². The number of hydrogen-bond acceptors (Lipinski definition) is 5. The lowest BCUT2D eigenvalue weighted by Gasteiger charge is -2.47. The SMILES string of the molecule is CCC(CC)CC([N+](=O)[O-])C1(NC(C)=O)CC(C(=O)OC)C1. The van der Waals surface area contributed by atoms with Gasteiger partial charge in [-0.2, -0.15) is 0 Å². The molecule has 0 spiro atoms. The second kappa shape index (κ2) is 7.56. The summed E-state index contributed by atoms with van der Waals surface area (Å²) in [5.41, 5.74) is -0.934. The zero-order valence-corrected chi connectivity index (χ0v) is 13.8. The largest absolute Gasteiger partial charge is 0.469 e. The van der Waals surface area contributed by atoms with Crippen LogP contribution in [0.3, 0.4) is 0 Å². The molecule has 0 aromatic heterocycles. The highest BCUT2D eigenvalue weighted by molar-refractivity contribution is 5.77. The van der Waals surface area contributed by atoms with Crippen LogP contribution in [0.25, 0.3) is 0 Å². The van der Waals surface area contributed by atoms with E-state index in [0.717, 1.165) is 12.8 Å². The van der Waals surface area contributed by atoms with E-state index in [1.54, 1.807) is 0 Å². The normalized spacial score (nSPS) is 25.2. The zero-order chi connectivity index (χ0) is 16.9. The summed E-state index contributed by atoms with van der Waals surface area (Å²) in [5, 5.41) is 14.3. The summed E-state index contributed by atoms with van der Waals surface area (Å²) < 4.78 is 4.69. The number of ether oxygens (including phenoxy) is 1. The van der Waals surface area contributed by atoms with Gasteiger partial charge >= 0.3 is 5.97 Å². The van der Waals surface area contributed by atoms with Crippen molar-refractivity contribution in [1.29, 1.82) is 0 Å². The molecule has 1 unspecified atom stereocenters. The molecule has 22 heavy (non-hydrogen) atoms. The van der Waals surface area contributed by atoms with Gasteiger partial charge in [-0.25, -0.2) is 0 Å². The summed E-state index contributed by atoms with van der Waals surface area (Å²) in [5.74, 6) is -0.815. The molecule has 1 amide bonds. The Balaban J connectivity index is 2.95. The quantitative estimate of drug-likeness (QED) is 0.419. The Kier molecular flexibility index (Phi) is 6.32. The van der Waals surface area contributed by atoms with Gasteiger partial charge in [-0.1, -0.05) is 26.7 Å². The lowest BCUT2D eigenvalue weighted by molar-refractivity contribution is -0.541. The smallest absolute Gasteiger partial charge is 0.308 e. The van der Waals surface area contributed by atoms with E-state index in [0.29, 0.717) is 6.42 Å². The number of nitrogens with one attached hydrogen (secondary N) is 1. The molecule has 1 aliphatic rings. The molecule has 0 bridgehead atoms. The van der Waals surface area contributed by atoms with Crippen molar-refractivity contribution < 1.29 is 19.2 Å². The summed E-state index contributed by atoms with van der Waals surface area (Å²) in [6.45, 7) is 5.36. The second-order valence-corrected chi connectivity index (χ2v) is 6.19. The van der Waals surface area contributed by atoms with Crippen LogP contribution in [0, 0.1) is 22.0 Å². The van der Waals surface area contributed by atoms with Crippen LogP contribution in [0.15, 0.2) is 0 Å². The first-order valence-corrected chi connectivity index (χ1v) is 7.79. The molecule has 1 aliphatic carbocycles. The monoisotopic (exact) mass is 314 g/mol. The molecule has 126 valence electrons. The van der Waals surface area contributed by atoms with Crippen LogP contribution in [0.1, 0.15) is 52.9 Å². The maximum Gasteiger partial charge on any atom is 0.308 e. The van der Waals surface area contributed by atoms with Gasteiger partial charge in [-0.05, 0) is 18.8 Å². The van der Waals surface area contributed by atoms with Crippen LogP contribution in [-0.2, 0) is 14.3 Å². The van der Waals surface area contributed by atoms with E-state index in [9.17, 15) is 19.7 Å². The van der Waals surface area contributed by atoms with Crippen molar-refractivity contribution in [3.05, 3.63) is 10.1 Å². The van der Waals surface area contributed by atoms with Crippen molar-refractivity contribution in [3.8, 4) is 0 Å². The number of hydrogen-bond donors (Lipinski definition) is 1. The molecule has 0 aliphatic heterocycles. The average molecular weight is 314 g/mol. The lowest BCUT2D eigenvalue weighted by Crippen LogP contribution is -2.67. The molecule has 0 saturated heterocycles. The average Bonchev–Trinajstić information content (AvgIpc) is 2.42. The van der Waals surface area contributed by atoms with Gasteiger partial charge in [0.2, 0.25) is 11.9 Å². The van der Waals surface area contributed by atoms with Gasteiger partial charge in [0.1, 0.15) is 5.54 Å². The van der Waals surface area contributed by atoms with E-state index < -0.39 is 11.6 Å². The number of carbonyl (C=O) groups excluding carboxylic acids is 2. The highest BCUT2D eigenvalue weighted by atomic mass is 16.6. The maximum absolute atomic E-state index is 11.6. The number of nitrogens with zero attached hydrogens (tertiary/aromatic N) is 1. The molecule has 0 aromatic rings. The number of amides is 1. The number of nitro groups is 1. The topological polar surface area (TPSA) is 98.5 Å². The van der Waals surface area contributed by atoms with Crippen molar-refractivity contribution in [1.82, 2.24) is 5.32 Å². The molecule has 1 N–H and O–H groups in total. The second-order valence-electron chi connectivity index (χ2n) is 6.19. The molecule has 0 radical (unpaired) electrons. The van der Waals surface area contributed by atoms with Crippen molar-refractivity contribution in [3.63, 3.8) is 0 Å². The Morgan fingerprint density at radius 1 is 1.36 bits per heavy atom. The third-order valence-electron chi connectivity index (χ3n) is 4.78. The van der Waals surface area contributed by atoms with Gasteiger partial charge in [0.05, 0.1) is 13.0 Å². The standard InChI is InChI=1S/C15H26N2O5/c1-5-11(6-2)7-13(17(20)21)15(16-10(3)18)8-12(9-15)14(19)22-4/h11-13H,5-9H2,1-4H3,(H,16,18). The molecule has 1 saturated carbocycles. The van der Waals surface area contributed by atoms with Crippen LogP contribution in [-0.4, -0.2) is 35.5 Å². The third-order valence-corrected chi connectivity index (χ3v) is 4.78. The number of rotatable bonds is 8. The summed E-state index contributed by atoms with van der Waals surface area (Å²) >= 11 is 0. The highest BCUT2D eigenvalue weighted by Crippen LogP contribution is 2.44. The van der Waals surface area contributed by atoms with Gasteiger partial charge in [0.25, 0.3) is 0 Å². The Bertz CT molecular complexity index is 428. The Morgan fingerprint density at radius 3 is 2.27 bits per heavy atom. The van der Waals surface area contributed by atoms with Gasteiger partial charge in [0, 0.05) is 18.3 Å². The predicted molar refractivity (Wildman–Crippen MR) is 80.8 cm³/mol. The fourth-order valence-electron chi connectivity index (χ4n) is 3.41. The molecule has 0 heterocycles. The van der Waals surface area contributed by atoms with E-state index >= 15 is 0 Å². The van der Waals surface area contributed by atoms with Crippen LogP contribution in [0.5, 0.6) is 0 Å². The maximum atomic E-state index is 11.6. The van der Waals surface area contributed by atoms with Crippen LogP contribution in [0.4, 0.5) is 0 Å². The molecule has 0 aromatic carbocycles. The lowest BCUT2D eigenvalue weighted by atomic mass is 9.62. The predicted octanol–water partition coefficient (Wildman–Crippen LogP) is 1.92. The molecule has 7 heteroatoms. The minimum Gasteiger partial charge on any atom is -0.469 e. The van der Waals surface area contributed by atoms with Gasteiger partial charge in [-0.15, -0.1) is 0 Å². The zero-order valence-electron chi connectivity index (χ0n) is 13.8. The summed E-state index contributed by atoms with van der Waals surface area (Å²) in [4.78, 5) is 34.4. The minimum absolute atomic E-state index is 0.234. The van der Waals surface area contributed by atoms with Gasteiger partial charge < -0.3 is 10.1 Å². The fourth-order valence-corrected chi connectivity index (χ4v) is 3.41. The number of carbonyl (C=O) groups is 2. The van der Waals surface area contributed by atoms with E-state index in [1.165, 1.54) is 14.0 Å². The molecular formula is C15H26N2O5. The van der Waals surface area contributed by atoms with E-state index in [1.807, 2.05) is 13.8 Å². The van der Waals surface area contributed by atoms with Crippen molar-refractivity contribution in [2.24, 2.45) is 11.8 Å². The Hall–Kier alpha value is -1.66. The first-order chi connectivity index (χ1) is 10.3. The van der Waals surface area contributed by atoms with Crippen molar-refractivity contribution in [2.75, 3.05) is 7.11 Å². The Labute approximate surface area is 130 Å². The summed E-state index contributed by atoms with van der Waals surface area (Å²) in [6.07, 6.45) is 2.67. The van der Waals surface area contributed by atoms with Crippen molar-refractivity contribution in [2.45, 2.75) is 64.5 Å². The third kappa shape index (κ3) is 3.96. The molecule has 7 nitrogen and oxygen atoms in total. The van der Waals surface area contributed by atoms with Gasteiger partial charge in [0.15, 0.2) is 0 Å². The summed E-state index contributed by atoms with van der Waals surface area (Å²) in [7, 11) is 1.30. The van der Waals surface area contributed by atoms with E-state index in [2.05, 4.69) is 5.32 Å². The Morgan fingerprint density at radius 2 is 1.91 bits per heavy atom. The minimum atomic E-state index is -0.934. The first kappa shape index (κ1) is 18.4. The van der Waals surface area contributed by atoms with Crippen LogP contribution in [0.2, 0.25) is 0 Å². The highest BCUT2D eigenvalue weighted by Gasteiger charge is 2.58. The molecule has 1 rings (SSSR count). The number of methoxy groups -OCH3 is 1. The molecular weight excluding hydrogens is 288 g/mol. The fraction of sp³-hybridized carbons (Fsp3) is 0.867. The first-order valence-electron chi connectivity index (χ1n) is 7.79. The van der Waals surface area contributed by atoms with Gasteiger partial charge in [-0.3, -0.25) is 19.7 Å². The van der Waals surface area contributed by atoms with E-state index in [4.69, 9.17) is 4.74 Å². The van der Waals surface area contributed by atoms with Crippen molar-refractivity contribution >= 4 is 11.9 Å².